The van der Waals surface area contributed by atoms with E-state index in [1.54, 1.807) is 23.1 Å². The lowest BCUT2D eigenvalue weighted by molar-refractivity contribution is -0.144. The van der Waals surface area contributed by atoms with E-state index in [1.807, 2.05) is 4.90 Å². The van der Waals surface area contributed by atoms with E-state index in [-0.39, 0.29) is 36.7 Å². The van der Waals surface area contributed by atoms with Gasteiger partial charge in [0.1, 0.15) is 5.82 Å². The first-order valence-electron chi connectivity index (χ1n) is 9.49. The van der Waals surface area contributed by atoms with Gasteiger partial charge in [0.05, 0.1) is 5.92 Å². The highest BCUT2D eigenvalue weighted by atomic mass is 19.1. The largest absolute Gasteiger partial charge is 0.396 e. The minimum atomic E-state index is -0.320. The third-order valence-electron chi connectivity index (χ3n) is 5.63. The normalized spacial score (nSPS) is 21.9. The van der Waals surface area contributed by atoms with Gasteiger partial charge in [0.15, 0.2) is 0 Å². The Balaban J connectivity index is 1.58. The fourth-order valence-corrected chi connectivity index (χ4v) is 3.98. The molecule has 2 saturated heterocycles. The third-order valence-corrected chi connectivity index (χ3v) is 5.63. The molecule has 0 aromatic heterocycles. The second-order valence-electron chi connectivity index (χ2n) is 7.38. The Bertz CT molecular complexity index is 644. The van der Waals surface area contributed by atoms with Gasteiger partial charge in [-0.05, 0) is 37.7 Å². The lowest BCUT2D eigenvalue weighted by atomic mass is 9.91. The molecule has 1 aromatic carbocycles. The molecule has 3 rings (SSSR count). The Morgan fingerprint density at radius 1 is 1.19 bits per heavy atom. The van der Waals surface area contributed by atoms with E-state index in [4.69, 9.17) is 5.11 Å². The molecule has 0 spiro atoms. The zero-order chi connectivity index (χ0) is 18.5. The first-order chi connectivity index (χ1) is 12.6. The number of aliphatic hydroxyl groups is 1. The number of nitrogens with zero attached hydrogens (tertiary/aromatic N) is 2. The van der Waals surface area contributed by atoms with Crippen LogP contribution in [0.3, 0.4) is 0 Å². The van der Waals surface area contributed by atoms with Gasteiger partial charge in [0.25, 0.3) is 0 Å². The lowest BCUT2D eigenvalue weighted by Gasteiger charge is -2.37. The van der Waals surface area contributed by atoms with Crippen molar-refractivity contribution in [3.8, 4) is 0 Å². The summed E-state index contributed by atoms with van der Waals surface area (Å²) in [6.07, 6.45) is 3.57. The van der Waals surface area contributed by atoms with Crippen molar-refractivity contribution in [1.82, 2.24) is 9.80 Å². The number of carbonyl (C=O) groups excluding carboxylic acids is 2. The summed E-state index contributed by atoms with van der Waals surface area (Å²) in [5.74, 6) is 0.0700. The summed E-state index contributed by atoms with van der Waals surface area (Å²) >= 11 is 0. The molecule has 2 aliphatic rings. The van der Waals surface area contributed by atoms with Crippen molar-refractivity contribution < 1.29 is 19.1 Å². The van der Waals surface area contributed by atoms with E-state index in [0.29, 0.717) is 30.9 Å². The van der Waals surface area contributed by atoms with Crippen LogP contribution in [0.1, 0.15) is 37.7 Å². The fourth-order valence-electron chi connectivity index (χ4n) is 3.98. The highest BCUT2D eigenvalue weighted by Gasteiger charge is 2.34. The van der Waals surface area contributed by atoms with Gasteiger partial charge in [-0.1, -0.05) is 18.2 Å². The highest BCUT2D eigenvalue weighted by Crippen LogP contribution is 2.26. The summed E-state index contributed by atoms with van der Waals surface area (Å²) < 4.78 is 13.9. The Labute approximate surface area is 153 Å². The lowest BCUT2D eigenvalue weighted by Crippen LogP contribution is -2.48. The van der Waals surface area contributed by atoms with Crippen molar-refractivity contribution in [3.05, 3.63) is 35.6 Å². The van der Waals surface area contributed by atoms with Crippen LogP contribution in [0.4, 0.5) is 4.39 Å². The monoisotopic (exact) mass is 362 g/mol. The summed E-state index contributed by atoms with van der Waals surface area (Å²) in [7, 11) is 0. The van der Waals surface area contributed by atoms with Crippen LogP contribution in [0, 0.1) is 17.7 Å². The molecule has 0 saturated carbocycles. The molecule has 0 radical (unpaired) electrons. The number of aliphatic hydroxyl groups excluding tert-OH is 1. The quantitative estimate of drug-likeness (QED) is 0.873. The van der Waals surface area contributed by atoms with Crippen LogP contribution in [-0.2, 0) is 16.1 Å². The van der Waals surface area contributed by atoms with Gasteiger partial charge in [-0.3, -0.25) is 9.59 Å². The minimum Gasteiger partial charge on any atom is -0.396 e. The van der Waals surface area contributed by atoms with Crippen molar-refractivity contribution >= 4 is 11.8 Å². The van der Waals surface area contributed by atoms with Crippen molar-refractivity contribution in [1.29, 1.82) is 0 Å². The molecule has 142 valence electrons. The van der Waals surface area contributed by atoms with Gasteiger partial charge in [-0.25, -0.2) is 4.39 Å². The van der Waals surface area contributed by atoms with Crippen LogP contribution in [0.25, 0.3) is 0 Å². The summed E-state index contributed by atoms with van der Waals surface area (Å²) in [6, 6.07) is 6.46. The number of hydrogen-bond acceptors (Lipinski definition) is 3. The number of rotatable bonds is 5. The predicted octanol–water partition coefficient (Wildman–Crippen LogP) is 2.19. The molecule has 0 bridgehead atoms. The van der Waals surface area contributed by atoms with Crippen LogP contribution < -0.4 is 0 Å². The first kappa shape index (κ1) is 18.8. The Morgan fingerprint density at radius 2 is 1.92 bits per heavy atom. The van der Waals surface area contributed by atoms with E-state index in [9.17, 15) is 14.0 Å². The molecule has 2 aliphatic heterocycles. The molecule has 2 heterocycles. The molecule has 0 aliphatic carbocycles. The van der Waals surface area contributed by atoms with Crippen molar-refractivity contribution in [2.75, 3.05) is 26.2 Å². The summed E-state index contributed by atoms with van der Waals surface area (Å²) in [5.41, 5.74) is 0.485. The topological polar surface area (TPSA) is 60.9 Å². The molecule has 1 N–H and O–H groups in total. The van der Waals surface area contributed by atoms with Crippen LogP contribution in [0.5, 0.6) is 0 Å². The van der Waals surface area contributed by atoms with Crippen molar-refractivity contribution in [2.24, 2.45) is 11.8 Å². The number of hydrogen-bond donors (Lipinski definition) is 1. The molecule has 26 heavy (non-hydrogen) atoms. The Morgan fingerprint density at radius 3 is 2.62 bits per heavy atom. The number of benzene rings is 1. The molecule has 1 unspecified atom stereocenters. The summed E-state index contributed by atoms with van der Waals surface area (Å²) in [4.78, 5) is 28.6. The van der Waals surface area contributed by atoms with Crippen molar-refractivity contribution in [2.45, 2.75) is 38.6 Å². The number of piperidine rings is 2. The number of carbonyl (C=O) groups is 2. The molecule has 2 amide bonds. The fraction of sp³-hybridized carbons (Fsp3) is 0.600. The van der Waals surface area contributed by atoms with E-state index in [2.05, 4.69) is 0 Å². The molecule has 2 fully saturated rings. The van der Waals surface area contributed by atoms with Gasteiger partial charge in [-0.15, -0.1) is 0 Å². The maximum atomic E-state index is 13.9. The number of amides is 2. The van der Waals surface area contributed by atoms with E-state index in [0.717, 1.165) is 32.4 Å². The van der Waals surface area contributed by atoms with E-state index >= 15 is 0 Å². The zero-order valence-corrected chi connectivity index (χ0v) is 15.1. The predicted molar refractivity (Wildman–Crippen MR) is 95.5 cm³/mol. The summed E-state index contributed by atoms with van der Waals surface area (Å²) in [6.45, 7) is 2.23. The second-order valence-corrected chi connectivity index (χ2v) is 7.38. The van der Waals surface area contributed by atoms with Gasteiger partial charge in [0, 0.05) is 44.8 Å². The number of halogens is 1. The molecular weight excluding hydrogens is 335 g/mol. The molecule has 1 atom stereocenters. The molecule has 5 nitrogen and oxygen atoms in total. The average molecular weight is 362 g/mol. The van der Waals surface area contributed by atoms with Crippen LogP contribution >= 0.6 is 0 Å². The van der Waals surface area contributed by atoms with E-state index in [1.165, 1.54) is 6.07 Å². The second kappa shape index (κ2) is 8.62. The summed E-state index contributed by atoms with van der Waals surface area (Å²) in [5, 5.41) is 9.05. The number of likely N-dealkylation sites (tertiary alicyclic amines) is 2. The SMILES string of the molecule is O=C1CCC(C(=O)N2CCC(CCO)CC2)CN1Cc1ccccc1F. The van der Waals surface area contributed by atoms with Crippen LogP contribution in [0.15, 0.2) is 24.3 Å². The highest BCUT2D eigenvalue weighted by molar-refractivity contribution is 5.84. The minimum absolute atomic E-state index is 0.0149. The van der Waals surface area contributed by atoms with Crippen LogP contribution in [0.2, 0.25) is 0 Å². The van der Waals surface area contributed by atoms with Gasteiger partial charge >= 0.3 is 0 Å². The molecule has 6 heteroatoms. The molecular formula is C20H27FN2O3. The maximum absolute atomic E-state index is 13.9. The third kappa shape index (κ3) is 4.41. The Hall–Kier alpha value is -1.95. The van der Waals surface area contributed by atoms with Gasteiger partial charge < -0.3 is 14.9 Å². The average Bonchev–Trinajstić information content (AvgIpc) is 2.65. The Kier molecular flexibility index (Phi) is 6.25. The standard InChI is InChI=1S/C20H27FN2O3/c21-18-4-2-1-3-16(18)13-23-14-17(5-6-19(23)25)20(26)22-10-7-15(8-11-22)9-12-24/h1-4,15,17,24H,5-14H2. The van der Waals surface area contributed by atoms with E-state index < -0.39 is 0 Å². The van der Waals surface area contributed by atoms with Gasteiger partial charge in [0.2, 0.25) is 11.8 Å². The zero-order valence-electron chi connectivity index (χ0n) is 15.1. The molecule has 1 aromatic rings. The first-order valence-corrected chi connectivity index (χ1v) is 9.49. The smallest absolute Gasteiger partial charge is 0.227 e. The van der Waals surface area contributed by atoms with Crippen molar-refractivity contribution in [3.63, 3.8) is 0 Å². The van der Waals surface area contributed by atoms with Crippen LogP contribution in [-0.4, -0.2) is 53.0 Å². The maximum Gasteiger partial charge on any atom is 0.227 e. The van der Waals surface area contributed by atoms with Gasteiger partial charge in [-0.2, -0.15) is 0 Å².